The van der Waals surface area contributed by atoms with Crippen LogP contribution in [0.25, 0.3) is 0 Å². The minimum Gasteiger partial charge on any atom is -0.503 e. The summed E-state index contributed by atoms with van der Waals surface area (Å²) in [5, 5.41) is 0. The fourth-order valence-corrected chi connectivity index (χ4v) is 0.626. The van der Waals surface area contributed by atoms with Crippen LogP contribution < -0.4 is 0 Å². The Kier molecular flexibility index (Phi) is 5.85. The molecule has 0 spiro atoms. The molecule has 0 unspecified atom stereocenters. The van der Waals surface area contributed by atoms with E-state index in [-0.39, 0.29) is 5.57 Å². The number of rotatable bonds is 4. The van der Waals surface area contributed by atoms with Gasteiger partial charge in [0.1, 0.15) is 0 Å². The third kappa shape index (κ3) is 4.30. The number of carbonyl (C=O) groups is 2. The Hall–Kier alpha value is -1.78. The van der Waals surface area contributed by atoms with Crippen LogP contribution in [0.5, 0.6) is 0 Å². The molecule has 14 heavy (non-hydrogen) atoms. The highest BCUT2D eigenvalue weighted by molar-refractivity contribution is 5.93. The van der Waals surface area contributed by atoms with Gasteiger partial charge in [0.05, 0.1) is 33.2 Å². The molecule has 0 amide bonds. The lowest BCUT2D eigenvalue weighted by Gasteiger charge is -1.98. The fraction of sp³-hybridized carbons (Fsp3) is 0.333. The summed E-state index contributed by atoms with van der Waals surface area (Å²) in [6.07, 6.45) is 3.52. The largest absolute Gasteiger partial charge is 0.503 e. The Balaban J connectivity index is 4.54. The average molecular weight is 200 g/mol. The van der Waals surface area contributed by atoms with Gasteiger partial charge in [-0.15, -0.1) is 0 Å². The molecule has 0 N–H and O–H groups in total. The fourth-order valence-electron chi connectivity index (χ4n) is 0.626. The van der Waals surface area contributed by atoms with Crippen LogP contribution >= 0.6 is 0 Å². The van der Waals surface area contributed by atoms with E-state index in [0.29, 0.717) is 0 Å². The van der Waals surface area contributed by atoms with Crippen molar-refractivity contribution in [2.45, 2.75) is 0 Å². The Morgan fingerprint density at radius 2 is 1.64 bits per heavy atom. The molecular weight excluding hydrogens is 188 g/mol. The molecular formula is C9H12O5. The minimum absolute atomic E-state index is 0.125. The zero-order valence-corrected chi connectivity index (χ0v) is 8.27. The highest BCUT2D eigenvalue weighted by Gasteiger charge is 2.06. The lowest BCUT2D eigenvalue weighted by molar-refractivity contribution is -0.135. The van der Waals surface area contributed by atoms with Gasteiger partial charge in [-0.05, 0) is 6.08 Å². The van der Waals surface area contributed by atoms with Crippen molar-refractivity contribution in [2.24, 2.45) is 0 Å². The monoisotopic (exact) mass is 200 g/mol. The predicted molar refractivity (Wildman–Crippen MR) is 48.3 cm³/mol. The van der Waals surface area contributed by atoms with E-state index < -0.39 is 11.9 Å². The van der Waals surface area contributed by atoms with Crippen LogP contribution in [0.1, 0.15) is 0 Å². The van der Waals surface area contributed by atoms with Gasteiger partial charge >= 0.3 is 11.9 Å². The van der Waals surface area contributed by atoms with Crippen LogP contribution in [0.15, 0.2) is 24.0 Å². The van der Waals surface area contributed by atoms with Gasteiger partial charge in [0.2, 0.25) is 0 Å². The average Bonchev–Trinajstić information content (AvgIpc) is 2.22. The molecule has 0 aromatic carbocycles. The van der Waals surface area contributed by atoms with Crippen molar-refractivity contribution < 1.29 is 23.8 Å². The molecule has 5 heteroatoms. The summed E-state index contributed by atoms with van der Waals surface area (Å²) >= 11 is 0. The summed E-state index contributed by atoms with van der Waals surface area (Å²) in [7, 11) is 3.86. The number of hydrogen-bond acceptors (Lipinski definition) is 5. The summed E-state index contributed by atoms with van der Waals surface area (Å²) in [5.41, 5.74) is 0.125. The van der Waals surface area contributed by atoms with E-state index in [2.05, 4.69) is 14.2 Å². The third-order valence-electron chi connectivity index (χ3n) is 1.27. The topological polar surface area (TPSA) is 61.8 Å². The van der Waals surface area contributed by atoms with Gasteiger partial charge in [-0.25, -0.2) is 9.59 Å². The number of ether oxygens (including phenoxy) is 3. The number of methoxy groups -OCH3 is 3. The zero-order valence-electron chi connectivity index (χ0n) is 8.27. The molecule has 0 aliphatic heterocycles. The Morgan fingerprint density at radius 1 is 1.00 bits per heavy atom. The predicted octanol–water partition coefficient (Wildman–Crippen LogP) is 0.419. The Bertz CT molecular complexity index is 264. The maximum absolute atomic E-state index is 11.0. The number of carbonyl (C=O) groups excluding carboxylic acids is 2. The van der Waals surface area contributed by atoms with Crippen molar-refractivity contribution in [2.75, 3.05) is 21.3 Å². The highest BCUT2D eigenvalue weighted by atomic mass is 16.5. The summed E-state index contributed by atoms with van der Waals surface area (Å²) in [6.45, 7) is 0. The number of esters is 2. The first kappa shape index (κ1) is 12.2. The molecule has 0 aromatic heterocycles. The van der Waals surface area contributed by atoms with Crippen LogP contribution in [0.3, 0.4) is 0 Å². The van der Waals surface area contributed by atoms with E-state index in [9.17, 15) is 9.59 Å². The lowest BCUT2D eigenvalue weighted by Crippen LogP contribution is -2.04. The quantitative estimate of drug-likeness (QED) is 0.285. The van der Waals surface area contributed by atoms with E-state index >= 15 is 0 Å². The Morgan fingerprint density at radius 3 is 2.07 bits per heavy atom. The number of hydrogen-bond donors (Lipinski definition) is 0. The summed E-state index contributed by atoms with van der Waals surface area (Å²) < 4.78 is 13.4. The van der Waals surface area contributed by atoms with E-state index in [0.717, 1.165) is 6.08 Å². The summed E-state index contributed by atoms with van der Waals surface area (Å²) in [6, 6.07) is 0. The molecule has 0 radical (unpaired) electrons. The van der Waals surface area contributed by atoms with Crippen LogP contribution in [0, 0.1) is 0 Å². The SMILES string of the molecule is CO/C=C(\C=C\C(=O)OC)C(=O)OC. The van der Waals surface area contributed by atoms with E-state index in [1.54, 1.807) is 0 Å². The van der Waals surface area contributed by atoms with Crippen molar-refractivity contribution in [1.82, 2.24) is 0 Å². The molecule has 0 aliphatic rings. The summed E-state index contributed by atoms with van der Waals surface area (Å²) in [4.78, 5) is 21.7. The lowest BCUT2D eigenvalue weighted by atomic mass is 10.3. The summed E-state index contributed by atoms with van der Waals surface area (Å²) in [5.74, 6) is -1.15. The van der Waals surface area contributed by atoms with Crippen molar-refractivity contribution in [3.8, 4) is 0 Å². The standard InChI is InChI=1S/C9H12O5/c1-12-6-7(9(11)14-3)4-5-8(10)13-2/h4-6H,1-3H3/b5-4+,7-6+. The highest BCUT2D eigenvalue weighted by Crippen LogP contribution is 2.00. The molecule has 0 bridgehead atoms. The van der Waals surface area contributed by atoms with Crippen LogP contribution in [0.2, 0.25) is 0 Å². The maximum Gasteiger partial charge on any atom is 0.340 e. The van der Waals surface area contributed by atoms with Gasteiger partial charge in [0, 0.05) is 6.08 Å². The smallest absolute Gasteiger partial charge is 0.340 e. The maximum atomic E-state index is 11.0. The molecule has 0 atom stereocenters. The van der Waals surface area contributed by atoms with Gasteiger partial charge in [-0.2, -0.15) is 0 Å². The molecule has 5 nitrogen and oxygen atoms in total. The zero-order chi connectivity index (χ0) is 11.0. The van der Waals surface area contributed by atoms with Crippen LogP contribution in [-0.2, 0) is 23.8 Å². The van der Waals surface area contributed by atoms with Gasteiger partial charge < -0.3 is 14.2 Å². The van der Waals surface area contributed by atoms with E-state index in [4.69, 9.17) is 0 Å². The van der Waals surface area contributed by atoms with Crippen molar-refractivity contribution in [1.29, 1.82) is 0 Å². The van der Waals surface area contributed by atoms with Gasteiger partial charge in [-0.3, -0.25) is 0 Å². The first-order valence-corrected chi connectivity index (χ1v) is 3.73. The molecule has 0 aliphatic carbocycles. The molecule has 0 heterocycles. The third-order valence-corrected chi connectivity index (χ3v) is 1.27. The van der Waals surface area contributed by atoms with Gasteiger partial charge in [0.15, 0.2) is 0 Å². The first-order valence-electron chi connectivity index (χ1n) is 3.73. The first-order chi connectivity index (χ1) is 6.65. The van der Waals surface area contributed by atoms with Crippen molar-refractivity contribution >= 4 is 11.9 Å². The van der Waals surface area contributed by atoms with Gasteiger partial charge in [-0.1, -0.05) is 0 Å². The molecule has 78 valence electrons. The molecule has 0 saturated carbocycles. The van der Waals surface area contributed by atoms with Crippen molar-refractivity contribution in [3.05, 3.63) is 24.0 Å². The Labute approximate surface area is 81.9 Å². The second-order valence-electron chi connectivity index (χ2n) is 2.16. The van der Waals surface area contributed by atoms with Crippen molar-refractivity contribution in [3.63, 3.8) is 0 Å². The normalized spacial score (nSPS) is 11.2. The van der Waals surface area contributed by atoms with Crippen LogP contribution in [-0.4, -0.2) is 33.3 Å². The minimum atomic E-state index is -0.591. The molecule has 0 rings (SSSR count). The van der Waals surface area contributed by atoms with E-state index in [1.165, 1.54) is 33.7 Å². The second kappa shape index (κ2) is 6.71. The molecule has 0 saturated heterocycles. The van der Waals surface area contributed by atoms with Crippen LogP contribution in [0.4, 0.5) is 0 Å². The van der Waals surface area contributed by atoms with E-state index in [1.807, 2.05) is 0 Å². The molecule has 0 aromatic rings. The van der Waals surface area contributed by atoms with Gasteiger partial charge in [0.25, 0.3) is 0 Å². The second-order valence-corrected chi connectivity index (χ2v) is 2.16. The molecule has 0 fully saturated rings.